The zero-order valence-corrected chi connectivity index (χ0v) is 9.11. The molecular formula is C14H18O. The number of allylic oxidation sites excluding steroid dienone is 1. The molecule has 0 heterocycles. The van der Waals surface area contributed by atoms with Crippen molar-refractivity contribution in [3.63, 3.8) is 0 Å². The van der Waals surface area contributed by atoms with Gasteiger partial charge in [-0.15, -0.1) is 13.2 Å². The maximum Gasteiger partial charge on any atom is 0.122 e. The lowest BCUT2D eigenvalue weighted by molar-refractivity contribution is 0.321. The van der Waals surface area contributed by atoms with E-state index in [1.165, 1.54) is 5.56 Å². The summed E-state index contributed by atoms with van der Waals surface area (Å²) in [6.45, 7) is 8.10. The molecule has 80 valence electrons. The summed E-state index contributed by atoms with van der Waals surface area (Å²) in [7, 11) is 0. The Kier molecular flexibility index (Phi) is 5.31. The number of ether oxygens (including phenoxy) is 1. The fourth-order valence-corrected chi connectivity index (χ4v) is 1.36. The molecule has 0 radical (unpaired) electrons. The Balaban J connectivity index is 2.59. The molecule has 15 heavy (non-hydrogen) atoms. The minimum atomic E-state index is 0.703. The lowest BCUT2D eigenvalue weighted by Crippen LogP contribution is -1.98. The highest BCUT2D eigenvalue weighted by Crippen LogP contribution is 2.19. The normalized spacial score (nSPS) is 9.60. The number of para-hydroxylation sites is 1. The van der Waals surface area contributed by atoms with Crippen molar-refractivity contribution in [3.8, 4) is 5.75 Å². The molecule has 0 atom stereocenters. The van der Waals surface area contributed by atoms with Gasteiger partial charge in [-0.05, 0) is 30.9 Å². The van der Waals surface area contributed by atoms with Gasteiger partial charge in [-0.2, -0.15) is 0 Å². The van der Waals surface area contributed by atoms with Gasteiger partial charge >= 0.3 is 0 Å². The van der Waals surface area contributed by atoms with Crippen molar-refractivity contribution in [1.29, 1.82) is 0 Å². The summed E-state index contributed by atoms with van der Waals surface area (Å²) >= 11 is 0. The number of hydrogen-bond donors (Lipinski definition) is 0. The van der Waals surface area contributed by atoms with Crippen LogP contribution < -0.4 is 4.74 Å². The molecule has 0 unspecified atom stereocenters. The molecule has 1 aromatic carbocycles. The zero-order valence-electron chi connectivity index (χ0n) is 9.11. The molecule has 1 nitrogen and oxygen atoms in total. The quantitative estimate of drug-likeness (QED) is 0.483. The van der Waals surface area contributed by atoms with Crippen molar-refractivity contribution >= 4 is 0 Å². The van der Waals surface area contributed by atoms with E-state index in [-0.39, 0.29) is 0 Å². The Morgan fingerprint density at radius 3 is 2.53 bits per heavy atom. The Morgan fingerprint density at radius 2 is 1.80 bits per heavy atom. The zero-order chi connectivity index (χ0) is 10.9. The predicted molar refractivity (Wildman–Crippen MR) is 65.3 cm³/mol. The molecule has 0 aliphatic rings. The predicted octanol–water partition coefficient (Wildman–Crippen LogP) is 3.76. The lowest BCUT2D eigenvalue weighted by Gasteiger charge is -2.09. The summed E-state index contributed by atoms with van der Waals surface area (Å²) in [5.41, 5.74) is 1.25. The van der Waals surface area contributed by atoms with Crippen LogP contribution in [0.4, 0.5) is 0 Å². The first-order valence-electron chi connectivity index (χ1n) is 5.31. The van der Waals surface area contributed by atoms with Crippen LogP contribution in [0.1, 0.15) is 18.4 Å². The van der Waals surface area contributed by atoms with Gasteiger partial charge in [0.1, 0.15) is 5.75 Å². The molecule has 0 aliphatic carbocycles. The van der Waals surface area contributed by atoms with Crippen molar-refractivity contribution in [3.05, 3.63) is 55.1 Å². The van der Waals surface area contributed by atoms with Gasteiger partial charge in [0.05, 0.1) is 6.61 Å². The second-order valence-electron chi connectivity index (χ2n) is 3.36. The van der Waals surface area contributed by atoms with E-state index in [2.05, 4.69) is 19.2 Å². The van der Waals surface area contributed by atoms with Crippen molar-refractivity contribution in [2.75, 3.05) is 6.61 Å². The number of rotatable bonds is 7. The smallest absolute Gasteiger partial charge is 0.122 e. The molecule has 0 N–H and O–H groups in total. The van der Waals surface area contributed by atoms with Crippen molar-refractivity contribution in [2.24, 2.45) is 0 Å². The summed E-state index contributed by atoms with van der Waals surface area (Å²) in [4.78, 5) is 0. The molecular weight excluding hydrogens is 184 g/mol. The molecule has 0 aliphatic heterocycles. The Labute approximate surface area is 92.1 Å². The molecule has 0 saturated heterocycles. The van der Waals surface area contributed by atoms with E-state index >= 15 is 0 Å². The molecule has 0 bridgehead atoms. The summed E-state index contributed by atoms with van der Waals surface area (Å²) < 4.78 is 5.67. The van der Waals surface area contributed by atoms with Crippen LogP contribution in [0.3, 0.4) is 0 Å². The second kappa shape index (κ2) is 6.88. The number of benzene rings is 1. The van der Waals surface area contributed by atoms with Gasteiger partial charge in [0.25, 0.3) is 0 Å². The topological polar surface area (TPSA) is 9.23 Å². The third-order valence-corrected chi connectivity index (χ3v) is 2.17. The summed E-state index contributed by atoms with van der Waals surface area (Å²) in [5, 5.41) is 0. The standard InChI is InChI=1S/C14H18O/c1-3-5-9-13-10-7-8-11-14(13)15-12-6-4-2/h3-4,7-8,10-11H,1-2,5-6,9,12H2. The number of hydrogen-bond acceptors (Lipinski definition) is 1. The summed E-state index contributed by atoms with van der Waals surface area (Å²) in [6, 6.07) is 8.16. The van der Waals surface area contributed by atoms with Gasteiger partial charge in [0.2, 0.25) is 0 Å². The van der Waals surface area contributed by atoms with Crippen LogP contribution in [0, 0.1) is 0 Å². The van der Waals surface area contributed by atoms with Crippen LogP contribution in [0.2, 0.25) is 0 Å². The highest BCUT2D eigenvalue weighted by molar-refractivity contribution is 5.33. The van der Waals surface area contributed by atoms with E-state index in [9.17, 15) is 0 Å². The van der Waals surface area contributed by atoms with E-state index in [0.717, 1.165) is 25.0 Å². The molecule has 1 heteroatoms. The monoisotopic (exact) mass is 202 g/mol. The van der Waals surface area contributed by atoms with Crippen molar-refractivity contribution in [1.82, 2.24) is 0 Å². The van der Waals surface area contributed by atoms with Gasteiger partial charge in [-0.1, -0.05) is 30.4 Å². The SMILES string of the molecule is C=CCCOc1ccccc1CCC=C. The van der Waals surface area contributed by atoms with Gasteiger partial charge in [-0.25, -0.2) is 0 Å². The minimum absolute atomic E-state index is 0.703. The number of aryl methyl sites for hydroxylation is 1. The summed E-state index contributed by atoms with van der Waals surface area (Å²) in [6.07, 6.45) is 6.66. The molecule has 0 aromatic heterocycles. The highest BCUT2D eigenvalue weighted by atomic mass is 16.5. The maximum atomic E-state index is 5.67. The second-order valence-corrected chi connectivity index (χ2v) is 3.36. The van der Waals surface area contributed by atoms with Crippen molar-refractivity contribution < 1.29 is 4.74 Å². The van der Waals surface area contributed by atoms with E-state index in [1.54, 1.807) is 0 Å². The third-order valence-electron chi connectivity index (χ3n) is 2.17. The van der Waals surface area contributed by atoms with E-state index in [4.69, 9.17) is 4.74 Å². The average Bonchev–Trinajstić information content (AvgIpc) is 2.28. The molecule has 1 aromatic rings. The van der Waals surface area contributed by atoms with Gasteiger partial charge in [0.15, 0.2) is 0 Å². The first kappa shape index (κ1) is 11.6. The average molecular weight is 202 g/mol. The molecule has 1 rings (SSSR count). The Bertz CT molecular complexity index is 315. The van der Waals surface area contributed by atoms with E-state index in [1.807, 2.05) is 30.4 Å². The van der Waals surface area contributed by atoms with Crippen LogP contribution in [0.15, 0.2) is 49.6 Å². The van der Waals surface area contributed by atoms with E-state index in [0.29, 0.717) is 6.61 Å². The van der Waals surface area contributed by atoms with Crippen molar-refractivity contribution in [2.45, 2.75) is 19.3 Å². The lowest BCUT2D eigenvalue weighted by atomic mass is 10.1. The van der Waals surface area contributed by atoms with Gasteiger partial charge < -0.3 is 4.74 Å². The molecule has 0 amide bonds. The first-order valence-corrected chi connectivity index (χ1v) is 5.31. The Morgan fingerprint density at radius 1 is 1.07 bits per heavy atom. The molecule has 0 saturated carbocycles. The molecule has 0 spiro atoms. The maximum absolute atomic E-state index is 5.67. The van der Waals surface area contributed by atoms with Crippen LogP contribution in [-0.4, -0.2) is 6.61 Å². The third kappa shape index (κ3) is 4.03. The van der Waals surface area contributed by atoms with Crippen LogP contribution in [0.5, 0.6) is 5.75 Å². The fourth-order valence-electron chi connectivity index (χ4n) is 1.36. The molecule has 0 fully saturated rings. The summed E-state index contributed by atoms with van der Waals surface area (Å²) in [5.74, 6) is 0.987. The highest BCUT2D eigenvalue weighted by Gasteiger charge is 2.00. The van der Waals surface area contributed by atoms with Gasteiger partial charge in [-0.3, -0.25) is 0 Å². The fraction of sp³-hybridized carbons (Fsp3) is 0.286. The minimum Gasteiger partial charge on any atom is -0.493 e. The van der Waals surface area contributed by atoms with E-state index < -0.39 is 0 Å². The van der Waals surface area contributed by atoms with Crippen LogP contribution in [-0.2, 0) is 6.42 Å². The van der Waals surface area contributed by atoms with Crippen LogP contribution >= 0.6 is 0 Å². The van der Waals surface area contributed by atoms with Gasteiger partial charge in [0, 0.05) is 0 Å². The first-order chi connectivity index (χ1) is 7.38. The van der Waals surface area contributed by atoms with Crippen LogP contribution in [0.25, 0.3) is 0 Å². The Hall–Kier alpha value is -1.50. The largest absolute Gasteiger partial charge is 0.493 e.